The van der Waals surface area contributed by atoms with Crippen LogP contribution >= 0.6 is 23.2 Å². The van der Waals surface area contributed by atoms with Crippen molar-refractivity contribution in [1.82, 2.24) is 5.32 Å². The van der Waals surface area contributed by atoms with Crippen LogP contribution in [0.15, 0.2) is 23.2 Å². The van der Waals surface area contributed by atoms with Gasteiger partial charge in [0.1, 0.15) is 0 Å². The first kappa shape index (κ1) is 13.5. The summed E-state index contributed by atoms with van der Waals surface area (Å²) in [5.41, 5.74) is 6.80. The number of nitrogens with zero attached hydrogens (tertiary/aromatic N) is 1. The summed E-state index contributed by atoms with van der Waals surface area (Å²) in [4.78, 5) is 4.31. The zero-order valence-corrected chi connectivity index (χ0v) is 11.8. The van der Waals surface area contributed by atoms with E-state index in [9.17, 15) is 0 Å². The number of halogens is 2. The van der Waals surface area contributed by atoms with Crippen molar-refractivity contribution in [3.63, 3.8) is 0 Å². The highest BCUT2D eigenvalue weighted by atomic mass is 35.5. The summed E-state index contributed by atoms with van der Waals surface area (Å²) in [5, 5.41) is 4.41. The topological polar surface area (TPSA) is 50.4 Å². The van der Waals surface area contributed by atoms with Crippen molar-refractivity contribution in [2.75, 3.05) is 6.54 Å². The van der Waals surface area contributed by atoms with Crippen molar-refractivity contribution in [2.45, 2.75) is 25.8 Å². The first-order valence-electron chi connectivity index (χ1n) is 6.07. The Labute approximate surface area is 117 Å². The number of guanidine groups is 1. The molecule has 1 fully saturated rings. The molecule has 3 nitrogen and oxygen atoms in total. The maximum absolute atomic E-state index is 6.14. The summed E-state index contributed by atoms with van der Waals surface area (Å²) in [6.07, 6.45) is 2.55. The van der Waals surface area contributed by atoms with Crippen LogP contribution < -0.4 is 11.1 Å². The van der Waals surface area contributed by atoms with E-state index in [0.29, 0.717) is 16.0 Å². The fourth-order valence-corrected chi connectivity index (χ4v) is 2.30. The van der Waals surface area contributed by atoms with Gasteiger partial charge < -0.3 is 11.1 Å². The maximum Gasteiger partial charge on any atom is 0.189 e. The van der Waals surface area contributed by atoms with Gasteiger partial charge in [0.25, 0.3) is 0 Å². The zero-order chi connectivity index (χ0) is 13.1. The van der Waals surface area contributed by atoms with E-state index >= 15 is 0 Å². The minimum absolute atomic E-state index is 0.0118. The van der Waals surface area contributed by atoms with E-state index in [1.165, 1.54) is 12.8 Å². The van der Waals surface area contributed by atoms with Crippen molar-refractivity contribution in [3.8, 4) is 0 Å². The van der Waals surface area contributed by atoms with Gasteiger partial charge in [-0.2, -0.15) is 0 Å². The predicted molar refractivity (Wildman–Crippen MR) is 77.2 cm³/mol. The van der Waals surface area contributed by atoms with E-state index in [0.717, 1.165) is 18.0 Å². The smallest absolute Gasteiger partial charge is 0.189 e. The third kappa shape index (κ3) is 3.79. The molecular formula is C13H17Cl2N3. The molecule has 0 heterocycles. The van der Waals surface area contributed by atoms with Gasteiger partial charge in [-0.15, -0.1) is 0 Å². The molecule has 1 aliphatic carbocycles. The van der Waals surface area contributed by atoms with Gasteiger partial charge in [0.15, 0.2) is 5.96 Å². The largest absolute Gasteiger partial charge is 0.370 e. The standard InChI is InChI=1S/C13H17Cl2N3/c1-8(11-5-4-10(14)6-12(11)15)18-13(16)17-7-9-2-3-9/h4-6,8-9H,2-3,7H2,1H3,(H3,16,17,18). The minimum atomic E-state index is 0.0118. The van der Waals surface area contributed by atoms with Crippen LogP contribution in [0.5, 0.6) is 0 Å². The number of rotatable bonds is 4. The van der Waals surface area contributed by atoms with Gasteiger partial charge in [-0.3, -0.25) is 4.99 Å². The number of nitrogens with one attached hydrogen (secondary N) is 1. The van der Waals surface area contributed by atoms with Crippen LogP contribution in [0.1, 0.15) is 31.4 Å². The second-order valence-corrected chi connectivity index (χ2v) is 5.54. The Morgan fingerprint density at radius 2 is 2.22 bits per heavy atom. The predicted octanol–water partition coefficient (Wildman–Crippen LogP) is 3.37. The average molecular weight is 286 g/mol. The first-order chi connectivity index (χ1) is 8.56. The number of benzene rings is 1. The highest BCUT2D eigenvalue weighted by Crippen LogP contribution is 2.29. The molecule has 0 radical (unpaired) electrons. The first-order valence-corrected chi connectivity index (χ1v) is 6.83. The fraction of sp³-hybridized carbons (Fsp3) is 0.462. The Morgan fingerprint density at radius 3 is 2.83 bits per heavy atom. The lowest BCUT2D eigenvalue weighted by atomic mass is 10.1. The molecule has 0 aromatic heterocycles. The van der Waals surface area contributed by atoms with Gasteiger partial charge in [-0.05, 0) is 43.4 Å². The fourth-order valence-electron chi connectivity index (χ4n) is 1.73. The number of hydrogen-bond acceptors (Lipinski definition) is 1. The molecule has 0 bridgehead atoms. The lowest BCUT2D eigenvalue weighted by molar-refractivity contribution is 0.704. The molecule has 98 valence electrons. The van der Waals surface area contributed by atoms with Gasteiger partial charge >= 0.3 is 0 Å². The summed E-state index contributed by atoms with van der Waals surface area (Å²) in [7, 11) is 0. The normalized spacial score (nSPS) is 17.6. The molecule has 1 aromatic rings. The maximum atomic E-state index is 6.14. The summed E-state index contributed by atoms with van der Waals surface area (Å²) < 4.78 is 0. The second kappa shape index (κ2) is 5.81. The lowest BCUT2D eigenvalue weighted by Crippen LogP contribution is -2.34. The number of aliphatic imine (C=N–C) groups is 1. The Morgan fingerprint density at radius 1 is 1.50 bits per heavy atom. The molecule has 3 N–H and O–H groups in total. The van der Waals surface area contributed by atoms with Crippen LogP contribution in [0, 0.1) is 5.92 Å². The molecule has 18 heavy (non-hydrogen) atoms. The van der Waals surface area contributed by atoms with Crippen LogP contribution in [0.4, 0.5) is 0 Å². The van der Waals surface area contributed by atoms with Crippen molar-refractivity contribution < 1.29 is 0 Å². The van der Waals surface area contributed by atoms with Crippen LogP contribution in [-0.2, 0) is 0 Å². The molecule has 1 aliphatic rings. The third-order valence-electron chi connectivity index (χ3n) is 3.01. The summed E-state index contributed by atoms with van der Waals surface area (Å²) in [5.74, 6) is 1.21. The Balaban J connectivity index is 1.97. The van der Waals surface area contributed by atoms with Crippen molar-refractivity contribution in [2.24, 2.45) is 16.6 Å². The SMILES string of the molecule is CC(NC(N)=NCC1CC1)c1ccc(Cl)cc1Cl. The minimum Gasteiger partial charge on any atom is -0.370 e. The third-order valence-corrected chi connectivity index (χ3v) is 3.57. The Bertz CT molecular complexity index is 456. The second-order valence-electron chi connectivity index (χ2n) is 4.70. The van der Waals surface area contributed by atoms with Crippen LogP contribution in [0.2, 0.25) is 10.0 Å². The van der Waals surface area contributed by atoms with E-state index < -0.39 is 0 Å². The van der Waals surface area contributed by atoms with Crippen molar-refractivity contribution in [1.29, 1.82) is 0 Å². The molecule has 1 unspecified atom stereocenters. The molecule has 1 aromatic carbocycles. The molecule has 5 heteroatoms. The molecule has 2 rings (SSSR count). The summed E-state index contributed by atoms with van der Waals surface area (Å²) >= 11 is 12.0. The van der Waals surface area contributed by atoms with Gasteiger partial charge in [-0.25, -0.2) is 0 Å². The summed E-state index contributed by atoms with van der Waals surface area (Å²) in [6, 6.07) is 5.46. The summed E-state index contributed by atoms with van der Waals surface area (Å²) in [6.45, 7) is 2.81. The van der Waals surface area contributed by atoms with Gasteiger partial charge in [0.05, 0.1) is 6.04 Å². The van der Waals surface area contributed by atoms with Crippen LogP contribution in [0.3, 0.4) is 0 Å². The number of hydrogen-bond donors (Lipinski definition) is 2. The quantitative estimate of drug-likeness (QED) is 0.658. The highest BCUT2D eigenvalue weighted by Gasteiger charge is 2.20. The molecular weight excluding hydrogens is 269 g/mol. The van der Waals surface area contributed by atoms with E-state index in [1.54, 1.807) is 6.07 Å². The van der Waals surface area contributed by atoms with Gasteiger partial charge in [0, 0.05) is 16.6 Å². The van der Waals surface area contributed by atoms with E-state index in [1.807, 2.05) is 19.1 Å². The van der Waals surface area contributed by atoms with Crippen molar-refractivity contribution >= 4 is 29.2 Å². The van der Waals surface area contributed by atoms with Crippen LogP contribution in [-0.4, -0.2) is 12.5 Å². The Kier molecular flexibility index (Phi) is 4.36. The lowest BCUT2D eigenvalue weighted by Gasteiger charge is -2.16. The van der Waals surface area contributed by atoms with E-state index in [2.05, 4.69) is 10.3 Å². The highest BCUT2D eigenvalue weighted by molar-refractivity contribution is 6.35. The van der Waals surface area contributed by atoms with Crippen LogP contribution in [0.25, 0.3) is 0 Å². The molecule has 0 spiro atoms. The Hall–Kier alpha value is -0.930. The van der Waals surface area contributed by atoms with Crippen molar-refractivity contribution in [3.05, 3.63) is 33.8 Å². The van der Waals surface area contributed by atoms with Gasteiger partial charge in [0.2, 0.25) is 0 Å². The van der Waals surface area contributed by atoms with E-state index in [-0.39, 0.29) is 6.04 Å². The molecule has 0 amide bonds. The van der Waals surface area contributed by atoms with E-state index in [4.69, 9.17) is 28.9 Å². The van der Waals surface area contributed by atoms with Gasteiger partial charge in [-0.1, -0.05) is 29.3 Å². The molecule has 1 saturated carbocycles. The zero-order valence-electron chi connectivity index (χ0n) is 10.3. The number of nitrogens with two attached hydrogens (primary N) is 1. The molecule has 0 aliphatic heterocycles. The monoisotopic (exact) mass is 285 g/mol. The molecule has 1 atom stereocenters. The molecule has 0 saturated heterocycles. The average Bonchev–Trinajstić information content (AvgIpc) is 3.09.